The van der Waals surface area contributed by atoms with Gasteiger partial charge >= 0.3 is 0 Å². The van der Waals surface area contributed by atoms with Crippen LogP contribution < -0.4 is 4.90 Å². The largest absolute Gasteiger partial charge is 0.393 e. The molecule has 2 aliphatic rings. The van der Waals surface area contributed by atoms with E-state index in [9.17, 15) is 10.2 Å². The predicted octanol–water partition coefficient (Wildman–Crippen LogP) is 2.99. The van der Waals surface area contributed by atoms with Gasteiger partial charge in [-0.1, -0.05) is 22.0 Å². The molecule has 0 saturated carbocycles. The molecule has 2 bridgehead atoms. The molecule has 0 aromatic heterocycles. The number of fused-ring (bicyclic) bond motifs is 2. The van der Waals surface area contributed by atoms with Crippen LogP contribution in [0.15, 0.2) is 22.7 Å². The third-order valence-electron chi connectivity index (χ3n) is 4.43. The van der Waals surface area contributed by atoms with E-state index in [1.165, 1.54) is 0 Å². The normalized spacial score (nSPS) is 31.6. The van der Waals surface area contributed by atoms with E-state index in [0.717, 1.165) is 41.4 Å². The van der Waals surface area contributed by atoms with E-state index < -0.39 is 6.10 Å². The highest BCUT2D eigenvalue weighted by atomic mass is 79.9. The summed E-state index contributed by atoms with van der Waals surface area (Å²) in [6.45, 7) is 1.81. The molecule has 4 heteroatoms. The lowest BCUT2D eigenvalue weighted by atomic mass is 9.97. The molecule has 3 rings (SSSR count). The van der Waals surface area contributed by atoms with Crippen LogP contribution in [0.25, 0.3) is 0 Å². The molecule has 19 heavy (non-hydrogen) atoms. The highest BCUT2D eigenvalue weighted by Crippen LogP contribution is 2.42. The molecule has 0 aliphatic carbocycles. The lowest BCUT2D eigenvalue weighted by Crippen LogP contribution is -2.45. The van der Waals surface area contributed by atoms with Crippen molar-refractivity contribution >= 4 is 21.6 Å². The number of benzene rings is 1. The number of aliphatic hydroxyl groups is 2. The summed E-state index contributed by atoms with van der Waals surface area (Å²) in [5, 5.41) is 19.9. The summed E-state index contributed by atoms with van der Waals surface area (Å²) in [7, 11) is 0. The van der Waals surface area contributed by atoms with Crippen LogP contribution in [0.4, 0.5) is 5.69 Å². The van der Waals surface area contributed by atoms with Crippen molar-refractivity contribution in [2.75, 3.05) is 4.90 Å². The van der Waals surface area contributed by atoms with Gasteiger partial charge in [-0.3, -0.25) is 0 Å². The van der Waals surface area contributed by atoms with Crippen molar-refractivity contribution in [3.05, 3.63) is 28.2 Å². The summed E-state index contributed by atoms with van der Waals surface area (Å²) >= 11 is 3.53. The molecule has 1 aromatic rings. The molecule has 2 heterocycles. The third-order valence-corrected chi connectivity index (χ3v) is 4.92. The first-order chi connectivity index (χ1) is 9.06. The monoisotopic (exact) mass is 325 g/mol. The summed E-state index contributed by atoms with van der Waals surface area (Å²) < 4.78 is 1.04. The Morgan fingerprint density at radius 1 is 1.26 bits per heavy atom. The van der Waals surface area contributed by atoms with Gasteiger partial charge in [0.1, 0.15) is 0 Å². The van der Waals surface area contributed by atoms with Crippen molar-refractivity contribution in [2.24, 2.45) is 0 Å². The molecule has 1 aromatic carbocycles. The molecule has 3 atom stereocenters. The van der Waals surface area contributed by atoms with Crippen LogP contribution in [0.3, 0.4) is 0 Å². The Kier molecular flexibility index (Phi) is 3.58. The first-order valence-corrected chi connectivity index (χ1v) is 7.79. The van der Waals surface area contributed by atoms with Crippen LogP contribution in [0.1, 0.15) is 44.3 Å². The van der Waals surface area contributed by atoms with Crippen LogP contribution >= 0.6 is 15.9 Å². The summed E-state index contributed by atoms with van der Waals surface area (Å²) in [5.74, 6) is 0. The van der Waals surface area contributed by atoms with Crippen molar-refractivity contribution in [3.63, 3.8) is 0 Å². The third kappa shape index (κ3) is 2.41. The number of anilines is 1. The van der Waals surface area contributed by atoms with Crippen LogP contribution in [-0.2, 0) is 0 Å². The predicted molar refractivity (Wildman–Crippen MR) is 79.3 cm³/mol. The Morgan fingerprint density at radius 2 is 1.89 bits per heavy atom. The summed E-state index contributed by atoms with van der Waals surface area (Å²) in [5.41, 5.74) is 2.11. The fourth-order valence-corrected chi connectivity index (χ4v) is 3.98. The number of rotatable bonds is 2. The number of piperidine rings is 1. The Balaban J connectivity index is 2.00. The second kappa shape index (κ2) is 5.08. The van der Waals surface area contributed by atoms with Gasteiger partial charge in [0, 0.05) is 27.8 Å². The molecule has 2 N–H and O–H groups in total. The van der Waals surface area contributed by atoms with Crippen molar-refractivity contribution in [1.82, 2.24) is 0 Å². The van der Waals surface area contributed by atoms with Gasteiger partial charge in [-0.15, -0.1) is 0 Å². The molecule has 0 amide bonds. The maximum Gasteiger partial charge on any atom is 0.0782 e. The standard InChI is InChI=1S/C15H20BrNO2/c1-9(18)14-5-2-10(16)6-15(14)17-11-3-4-12(17)8-13(19)7-11/h2,5-6,9,11-13,18-19H,3-4,7-8H2,1H3. The van der Waals surface area contributed by atoms with Gasteiger partial charge in [-0.05, 0) is 44.7 Å². The molecule has 104 valence electrons. The molecular formula is C15H20BrNO2. The highest BCUT2D eigenvalue weighted by molar-refractivity contribution is 9.10. The van der Waals surface area contributed by atoms with E-state index in [-0.39, 0.29) is 6.10 Å². The zero-order valence-corrected chi connectivity index (χ0v) is 12.7. The SMILES string of the molecule is CC(O)c1ccc(Br)cc1N1C2CCC1CC(O)C2. The van der Waals surface area contributed by atoms with Gasteiger partial charge in [0.2, 0.25) is 0 Å². The fraction of sp³-hybridized carbons (Fsp3) is 0.600. The number of hydrogen-bond donors (Lipinski definition) is 2. The number of halogens is 1. The van der Waals surface area contributed by atoms with Crippen LogP contribution in [0.5, 0.6) is 0 Å². The first-order valence-electron chi connectivity index (χ1n) is 7.00. The van der Waals surface area contributed by atoms with Crippen LogP contribution in [-0.4, -0.2) is 28.4 Å². The molecule has 0 radical (unpaired) electrons. The molecular weight excluding hydrogens is 306 g/mol. The Hall–Kier alpha value is -0.580. The number of nitrogens with zero attached hydrogens (tertiary/aromatic N) is 1. The lowest BCUT2D eigenvalue weighted by Gasteiger charge is -2.40. The van der Waals surface area contributed by atoms with Gasteiger partial charge < -0.3 is 15.1 Å². The quantitative estimate of drug-likeness (QED) is 0.878. The number of aliphatic hydroxyl groups excluding tert-OH is 2. The van der Waals surface area contributed by atoms with Gasteiger partial charge in [-0.2, -0.15) is 0 Å². The second-order valence-electron chi connectivity index (χ2n) is 5.80. The van der Waals surface area contributed by atoms with Gasteiger partial charge in [0.05, 0.1) is 12.2 Å². The first kappa shape index (κ1) is 13.4. The maximum absolute atomic E-state index is 9.98. The molecule has 2 fully saturated rings. The minimum Gasteiger partial charge on any atom is -0.393 e. The average Bonchev–Trinajstić information content (AvgIpc) is 2.61. The van der Waals surface area contributed by atoms with Crippen molar-refractivity contribution in [3.8, 4) is 0 Å². The summed E-state index contributed by atoms with van der Waals surface area (Å²) in [6.07, 6.45) is 3.37. The summed E-state index contributed by atoms with van der Waals surface area (Å²) in [4.78, 5) is 2.43. The van der Waals surface area contributed by atoms with Crippen LogP contribution in [0.2, 0.25) is 0 Å². The van der Waals surface area contributed by atoms with Gasteiger partial charge in [0.15, 0.2) is 0 Å². The lowest BCUT2D eigenvalue weighted by molar-refractivity contribution is 0.126. The Bertz CT molecular complexity index is 463. The van der Waals surface area contributed by atoms with Gasteiger partial charge in [0.25, 0.3) is 0 Å². The van der Waals surface area contributed by atoms with E-state index >= 15 is 0 Å². The second-order valence-corrected chi connectivity index (χ2v) is 6.71. The van der Waals surface area contributed by atoms with E-state index in [2.05, 4.69) is 26.9 Å². The topological polar surface area (TPSA) is 43.7 Å². The summed E-state index contributed by atoms with van der Waals surface area (Å²) in [6, 6.07) is 6.91. The maximum atomic E-state index is 9.98. The Morgan fingerprint density at radius 3 is 2.47 bits per heavy atom. The van der Waals surface area contributed by atoms with Gasteiger partial charge in [-0.25, -0.2) is 0 Å². The van der Waals surface area contributed by atoms with Crippen molar-refractivity contribution < 1.29 is 10.2 Å². The van der Waals surface area contributed by atoms with E-state index in [0.29, 0.717) is 12.1 Å². The minimum atomic E-state index is -0.464. The molecule has 3 unspecified atom stereocenters. The molecule has 3 nitrogen and oxygen atoms in total. The fourth-order valence-electron chi connectivity index (χ4n) is 3.64. The Labute approximate surface area is 122 Å². The minimum absolute atomic E-state index is 0.157. The van der Waals surface area contributed by atoms with Crippen molar-refractivity contribution in [2.45, 2.75) is 56.9 Å². The molecule has 2 saturated heterocycles. The highest BCUT2D eigenvalue weighted by Gasteiger charge is 2.41. The van der Waals surface area contributed by atoms with Crippen LogP contribution in [0, 0.1) is 0 Å². The molecule has 0 spiro atoms. The molecule has 2 aliphatic heterocycles. The van der Waals surface area contributed by atoms with Crippen molar-refractivity contribution in [1.29, 1.82) is 0 Å². The number of hydrogen-bond acceptors (Lipinski definition) is 3. The van der Waals surface area contributed by atoms with E-state index in [1.54, 1.807) is 0 Å². The zero-order valence-electron chi connectivity index (χ0n) is 11.1. The van der Waals surface area contributed by atoms with E-state index in [1.807, 2.05) is 19.1 Å². The average molecular weight is 326 g/mol. The zero-order chi connectivity index (χ0) is 13.6. The smallest absolute Gasteiger partial charge is 0.0782 e. The van der Waals surface area contributed by atoms with E-state index in [4.69, 9.17) is 0 Å².